The second-order valence-corrected chi connectivity index (χ2v) is 8.48. The minimum absolute atomic E-state index is 0.0508. The van der Waals surface area contributed by atoms with Crippen molar-refractivity contribution in [2.24, 2.45) is 5.92 Å². The lowest BCUT2D eigenvalue weighted by molar-refractivity contribution is -0.0842. The zero-order chi connectivity index (χ0) is 15.6. The van der Waals surface area contributed by atoms with E-state index in [0.29, 0.717) is 0 Å². The topological polar surface area (TPSA) is 35.9 Å². The molecule has 3 heterocycles. The van der Waals surface area contributed by atoms with Crippen LogP contribution in [0.1, 0.15) is 52.4 Å². The van der Waals surface area contributed by atoms with Crippen LogP contribution in [0.4, 0.5) is 0 Å². The fourth-order valence-electron chi connectivity index (χ4n) is 4.55. The van der Waals surface area contributed by atoms with Crippen LogP contribution in [-0.4, -0.2) is 72.0 Å². The highest BCUT2D eigenvalue weighted by molar-refractivity contribution is 4.91. The molecular formula is C18H34N2O2. The summed E-state index contributed by atoms with van der Waals surface area (Å²) in [6.07, 6.45) is 6.86. The fraction of sp³-hybridized carbons (Fsp3) is 1.00. The molecule has 0 saturated carbocycles. The number of ether oxygens (including phenoxy) is 1. The molecule has 0 aromatic rings. The number of hydrogen-bond donors (Lipinski definition) is 1. The lowest BCUT2D eigenvalue weighted by atomic mass is 9.86. The van der Waals surface area contributed by atoms with Crippen molar-refractivity contribution in [3.63, 3.8) is 0 Å². The van der Waals surface area contributed by atoms with Crippen LogP contribution in [0.25, 0.3) is 0 Å². The van der Waals surface area contributed by atoms with E-state index in [1.54, 1.807) is 0 Å². The van der Waals surface area contributed by atoms with E-state index < -0.39 is 5.60 Å². The van der Waals surface area contributed by atoms with E-state index in [1.165, 1.54) is 45.3 Å². The third-order valence-electron chi connectivity index (χ3n) is 5.82. The van der Waals surface area contributed by atoms with E-state index in [9.17, 15) is 5.11 Å². The Bertz CT molecular complexity index is 358. The van der Waals surface area contributed by atoms with E-state index in [2.05, 4.69) is 23.6 Å². The van der Waals surface area contributed by atoms with Crippen LogP contribution in [0.2, 0.25) is 0 Å². The Morgan fingerprint density at radius 1 is 1.05 bits per heavy atom. The van der Waals surface area contributed by atoms with Gasteiger partial charge in [-0.05, 0) is 71.4 Å². The highest BCUT2D eigenvalue weighted by Crippen LogP contribution is 2.31. The van der Waals surface area contributed by atoms with Crippen molar-refractivity contribution in [2.45, 2.75) is 63.6 Å². The SMILES string of the molecule is CC1(C)CC(CN2CCC(O)(CN3CCCC3)CC2)CCO1. The summed E-state index contributed by atoms with van der Waals surface area (Å²) in [4.78, 5) is 5.03. The minimum atomic E-state index is -0.435. The fourth-order valence-corrected chi connectivity index (χ4v) is 4.55. The molecule has 0 aliphatic carbocycles. The number of piperidine rings is 1. The second kappa shape index (κ2) is 6.76. The van der Waals surface area contributed by atoms with Crippen LogP contribution >= 0.6 is 0 Å². The van der Waals surface area contributed by atoms with Gasteiger partial charge < -0.3 is 19.6 Å². The first-order valence-corrected chi connectivity index (χ1v) is 9.25. The van der Waals surface area contributed by atoms with Crippen molar-refractivity contribution < 1.29 is 9.84 Å². The number of hydrogen-bond acceptors (Lipinski definition) is 4. The molecule has 4 heteroatoms. The highest BCUT2D eigenvalue weighted by Gasteiger charge is 2.36. The van der Waals surface area contributed by atoms with Crippen molar-refractivity contribution >= 4 is 0 Å². The van der Waals surface area contributed by atoms with Crippen LogP contribution in [0.3, 0.4) is 0 Å². The summed E-state index contributed by atoms with van der Waals surface area (Å²) in [6.45, 7) is 11.9. The van der Waals surface area contributed by atoms with Crippen LogP contribution in [0.15, 0.2) is 0 Å². The summed E-state index contributed by atoms with van der Waals surface area (Å²) in [6, 6.07) is 0. The van der Waals surface area contributed by atoms with Crippen molar-refractivity contribution in [3.05, 3.63) is 0 Å². The number of aliphatic hydroxyl groups is 1. The van der Waals surface area contributed by atoms with Crippen molar-refractivity contribution in [2.75, 3.05) is 45.9 Å². The normalized spacial score (nSPS) is 33.1. The Balaban J connectivity index is 1.43. The van der Waals surface area contributed by atoms with Gasteiger partial charge in [0.15, 0.2) is 0 Å². The van der Waals surface area contributed by atoms with E-state index in [-0.39, 0.29) is 5.60 Å². The van der Waals surface area contributed by atoms with Gasteiger partial charge in [-0.25, -0.2) is 0 Å². The number of β-amino-alcohol motifs (C(OH)–C–C–N with tert-alkyl or cyclic N) is 1. The van der Waals surface area contributed by atoms with Gasteiger partial charge >= 0.3 is 0 Å². The largest absolute Gasteiger partial charge is 0.388 e. The molecule has 0 spiro atoms. The lowest BCUT2D eigenvalue weighted by Gasteiger charge is -2.43. The number of likely N-dealkylation sites (tertiary alicyclic amines) is 2. The first-order chi connectivity index (χ1) is 10.4. The van der Waals surface area contributed by atoms with Gasteiger partial charge in [0.25, 0.3) is 0 Å². The first-order valence-electron chi connectivity index (χ1n) is 9.25. The Labute approximate surface area is 135 Å². The van der Waals surface area contributed by atoms with Crippen LogP contribution in [-0.2, 0) is 4.74 Å². The molecule has 3 aliphatic rings. The molecule has 3 saturated heterocycles. The monoisotopic (exact) mass is 310 g/mol. The molecule has 0 radical (unpaired) electrons. The lowest BCUT2D eigenvalue weighted by Crippen LogP contribution is -2.51. The summed E-state index contributed by atoms with van der Waals surface area (Å²) in [5.74, 6) is 0.758. The smallest absolute Gasteiger partial charge is 0.0798 e. The maximum absolute atomic E-state index is 10.9. The Morgan fingerprint density at radius 2 is 1.73 bits per heavy atom. The molecule has 3 fully saturated rings. The highest BCUT2D eigenvalue weighted by atomic mass is 16.5. The molecule has 0 bridgehead atoms. The number of nitrogens with zero attached hydrogens (tertiary/aromatic N) is 2. The Morgan fingerprint density at radius 3 is 2.36 bits per heavy atom. The quantitative estimate of drug-likeness (QED) is 0.863. The average molecular weight is 310 g/mol. The van der Waals surface area contributed by atoms with Crippen molar-refractivity contribution in [1.82, 2.24) is 9.80 Å². The van der Waals surface area contributed by atoms with Gasteiger partial charge in [-0.1, -0.05) is 0 Å². The first kappa shape index (κ1) is 16.7. The molecule has 128 valence electrons. The summed E-state index contributed by atoms with van der Waals surface area (Å²) in [5.41, 5.74) is -0.384. The predicted molar refractivity (Wildman–Crippen MR) is 89.1 cm³/mol. The van der Waals surface area contributed by atoms with Crippen molar-refractivity contribution in [3.8, 4) is 0 Å². The van der Waals surface area contributed by atoms with E-state index in [0.717, 1.165) is 45.0 Å². The maximum atomic E-state index is 10.9. The third-order valence-corrected chi connectivity index (χ3v) is 5.82. The minimum Gasteiger partial charge on any atom is -0.388 e. The summed E-state index contributed by atoms with van der Waals surface area (Å²) < 4.78 is 5.83. The standard InChI is InChI=1S/C18H34N2O2/c1-17(2)13-16(5-12-22-17)14-19-10-6-18(21,7-11-19)15-20-8-3-4-9-20/h16,21H,3-15H2,1-2H3. The Hall–Kier alpha value is -0.160. The van der Waals surface area contributed by atoms with Gasteiger partial charge in [0, 0.05) is 32.8 Å². The molecule has 1 N–H and O–H groups in total. The van der Waals surface area contributed by atoms with Crippen LogP contribution in [0, 0.1) is 5.92 Å². The summed E-state index contributed by atoms with van der Waals surface area (Å²) in [5, 5.41) is 10.9. The molecule has 4 nitrogen and oxygen atoms in total. The Kier molecular flexibility index (Phi) is 5.13. The van der Waals surface area contributed by atoms with E-state index >= 15 is 0 Å². The summed E-state index contributed by atoms with van der Waals surface area (Å²) >= 11 is 0. The van der Waals surface area contributed by atoms with Crippen LogP contribution in [0.5, 0.6) is 0 Å². The number of rotatable bonds is 4. The molecule has 0 aromatic heterocycles. The molecule has 3 aliphatic heterocycles. The maximum Gasteiger partial charge on any atom is 0.0798 e. The van der Waals surface area contributed by atoms with Crippen molar-refractivity contribution in [1.29, 1.82) is 0 Å². The van der Waals surface area contributed by atoms with Gasteiger partial charge in [-0.3, -0.25) is 0 Å². The molecule has 1 atom stereocenters. The molecule has 0 amide bonds. The van der Waals surface area contributed by atoms with Gasteiger partial charge in [-0.15, -0.1) is 0 Å². The molecule has 3 rings (SSSR count). The van der Waals surface area contributed by atoms with Crippen LogP contribution < -0.4 is 0 Å². The average Bonchev–Trinajstić information content (AvgIpc) is 2.93. The van der Waals surface area contributed by atoms with Gasteiger partial charge in [-0.2, -0.15) is 0 Å². The zero-order valence-corrected chi connectivity index (χ0v) is 14.5. The zero-order valence-electron chi connectivity index (χ0n) is 14.5. The third kappa shape index (κ3) is 4.44. The molecule has 0 aromatic carbocycles. The summed E-state index contributed by atoms with van der Waals surface area (Å²) in [7, 11) is 0. The molecule has 1 unspecified atom stereocenters. The van der Waals surface area contributed by atoms with Gasteiger partial charge in [0.2, 0.25) is 0 Å². The van der Waals surface area contributed by atoms with Gasteiger partial charge in [0.1, 0.15) is 0 Å². The molecule has 22 heavy (non-hydrogen) atoms. The molecular weight excluding hydrogens is 276 g/mol. The van der Waals surface area contributed by atoms with Gasteiger partial charge in [0.05, 0.1) is 11.2 Å². The van der Waals surface area contributed by atoms with E-state index in [1.807, 2.05) is 0 Å². The second-order valence-electron chi connectivity index (χ2n) is 8.48. The van der Waals surface area contributed by atoms with E-state index in [4.69, 9.17) is 4.74 Å². The predicted octanol–water partition coefficient (Wildman–Crippen LogP) is 2.11.